The van der Waals surface area contributed by atoms with Gasteiger partial charge < -0.3 is 10.0 Å². The quantitative estimate of drug-likeness (QED) is 0.516. The summed E-state index contributed by atoms with van der Waals surface area (Å²) >= 11 is 0. The van der Waals surface area contributed by atoms with Gasteiger partial charge >= 0.3 is 12.1 Å². The molecular weight excluding hydrogens is 442 g/mol. The van der Waals surface area contributed by atoms with E-state index in [1.54, 1.807) is 6.92 Å². The fourth-order valence-corrected chi connectivity index (χ4v) is 3.90. The molecule has 1 aromatic heterocycles. The Bertz CT molecular complexity index is 1230. The number of hydrogen-bond donors (Lipinski definition) is 1. The highest BCUT2D eigenvalue weighted by Gasteiger charge is 2.35. The molecule has 1 aliphatic rings. The predicted octanol–water partition coefficient (Wildman–Crippen LogP) is 4.70. The SMILES string of the molecule is CCN(Cc1cc(C(F)(F)F)ccc1-c1nn(CC(=O)O)c2cccc(F)c12)C(=O)C1CC1. The monoisotopic (exact) mass is 463 g/mol. The van der Waals surface area contributed by atoms with Crippen LogP contribution in [0.3, 0.4) is 0 Å². The first-order valence-electron chi connectivity index (χ1n) is 10.5. The number of carboxylic acids is 1. The molecule has 1 N–H and O–H groups in total. The minimum atomic E-state index is -4.61. The summed E-state index contributed by atoms with van der Waals surface area (Å²) in [4.78, 5) is 25.4. The van der Waals surface area contributed by atoms with Crippen LogP contribution in [0.25, 0.3) is 22.2 Å². The largest absolute Gasteiger partial charge is 0.480 e. The Hall–Kier alpha value is -3.43. The molecule has 0 aliphatic heterocycles. The third-order valence-electron chi connectivity index (χ3n) is 5.68. The third-order valence-corrected chi connectivity index (χ3v) is 5.68. The molecule has 174 valence electrons. The molecule has 0 spiro atoms. The lowest BCUT2D eigenvalue weighted by molar-refractivity contribution is -0.138. The maximum Gasteiger partial charge on any atom is 0.416 e. The Labute approximate surface area is 186 Å². The van der Waals surface area contributed by atoms with Gasteiger partial charge in [0.15, 0.2) is 0 Å². The fraction of sp³-hybridized carbons (Fsp3) is 0.348. The van der Waals surface area contributed by atoms with Gasteiger partial charge in [-0.15, -0.1) is 0 Å². The van der Waals surface area contributed by atoms with E-state index in [-0.39, 0.29) is 46.1 Å². The van der Waals surface area contributed by atoms with Crippen molar-refractivity contribution in [2.24, 2.45) is 5.92 Å². The van der Waals surface area contributed by atoms with E-state index in [0.717, 1.165) is 29.7 Å². The van der Waals surface area contributed by atoms with Crippen molar-refractivity contribution in [3.8, 4) is 11.3 Å². The van der Waals surface area contributed by atoms with E-state index in [1.165, 1.54) is 29.2 Å². The molecule has 0 radical (unpaired) electrons. The van der Waals surface area contributed by atoms with Crippen LogP contribution >= 0.6 is 0 Å². The molecule has 3 aromatic rings. The normalized spacial score (nSPS) is 14.0. The zero-order valence-electron chi connectivity index (χ0n) is 17.7. The fourth-order valence-electron chi connectivity index (χ4n) is 3.90. The molecule has 1 aliphatic carbocycles. The summed E-state index contributed by atoms with van der Waals surface area (Å²) in [7, 11) is 0. The van der Waals surface area contributed by atoms with E-state index in [1.807, 2.05) is 0 Å². The van der Waals surface area contributed by atoms with Gasteiger partial charge in [0.1, 0.15) is 18.1 Å². The van der Waals surface area contributed by atoms with Crippen molar-refractivity contribution in [1.82, 2.24) is 14.7 Å². The summed E-state index contributed by atoms with van der Waals surface area (Å²) in [5.41, 5.74) is -0.288. The summed E-state index contributed by atoms with van der Waals surface area (Å²) < 4.78 is 56.3. The molecular formula is C23H21F4N3O3. The lowest BCUT2D eigenvalue weighted by Crippen LogP contribution is -2.31. The Morgan fingerprint density at radius 3 is 2.55 bits per heavy atom. The summed E-state index contributed by atoms with van der Waals surface area (Å²) in [5.74, 6) is -2.12. The zero-order valence-corrected chi connectivity index (χ0v) is 17.7. The second-order valence-electron chi connectivity index (χ2n) is 8.03. The number of carbonyl (C=O) groups is 2. The van der Waals surface area contributed by atoms with E-state index in [0.29, 0.717) is 6.54 Å². The number of halogens is 4. The maximum atomic E-state index is 14.8. The lowest BCUT2D eigenvalue weighted by Gasteiger charge is -2.23. The van der Waals surface area contributed by atoms with Crippen molar-refractivity contribution >= 4 is 22.8 Å². The first-order valence-corrected chi connectivity index (χ1v) is 10.5. The summed E-state index contributed by atoms with van der Waals surface area (Å²) in [6.07, 6.45) is -3.11. The topological polar surface area (TPSA) is 75.4 Å². The van der Waals surface area contributed by atoms with Crippen LogP contribution in [0.2, 0.25) is 0 Å². The van der Waals surface area contributed by atoms with E-state index in [9.17, 15) is 32.3 Å². The van der Waals surface area contributed by atoms with Crippen molar-refractivity contribution in [2.45, 2.75) is 39.0 Å². The predicted molar refractivity (Wildman–Crippen MR) is 112 cm³/mol. The second-order valence-corrected chi connectivity index (χ2v) is 8.03. The van der Waals surface area contributed by atoms with Gasteiger partial charge in [-0.05, 0) is 49.6 Å². The van der Waals surface area contributed by atoms with Crippen LogP contribution in [0.15, 0.2) is 36.4 Å². The van der Waals surface area contributed by atoms with Crippen LogP contribution in [0.1, 0.15) is 30.9 Å². The third kappa shape index (κ3) is 4.55. The van der Waals surface area contributed by atoms with Gasteiger partial charge in [-0.1, -0.05) is 12.1 Å². The number of rotatable bonds is 7. The van der Waals surface area contributed by atoms with Gasteiger partial charge in [-0.3, -0.25) is 14.3 Å². The molecule has 0 saturated heterocycles. The molecule has 0 unspecified atom stereocenters. The first-order chi connectivity index (χ1) is 15.6. The van der Waals surface area contributed by atoms with Crippen LogP contribution in [0.5, 0.6) is 0 Å². The average Bonchev–Trinajstić information content (AvgIpc) is 3.54. The van der Waals surface area contributed by atoms with Gasteiger partial charge in [-0.2, -0.15) is 18.3 Å². The number of carboxylic acid groups (broad SMARTS) is 1. The van der Waals surface area contributed by atoms with Crippen LogP contribution in [0.4, 0.5) is 17.6 Å². The highest BCUT2D eigenvalue weighted by molar-refractivity contribution is 5.95. The number of amides is 1. The number of nitrogens with zero attached hydrogens (tertiary/aromatic N) is 3. The molecule has 2 aromatic carbocycles. The number of aliphatic carboxylic acids is 1. The molecule has 6 nitrogen and oxygen atoms in total. The first kappa shape index (κ1) is 22.8. The van der Waals surface area contributed by atoms with Crippen molar-refractivity contribution in [3.05, 3.63) is 53.3 Å². The van der Waals surface area contributed by atoms with Crippen LogP contribution in [0, 0.1) is 11.7 Å². The van der Waals surface area contributed by atoms with Gasteiger partial charge in [-0.25, -0.2) is 4.39 Å². The number of hydrogen-bond acceptors (Lipinski definition) is 3. The lowest BCUT2D eigenvalue weighted by atomic mass is 9.98. The Morgan fingerprint density at radius 1 is 1.21 bits per heavy atom. The van der Waals surface area contributed by atoms with Gasteiger partial charge in [0.25, 0.3) is 0 Å². The molecule has 33 heavy (non-hydrogen) atoms. The highest BCUT2D eigenvalue weighted by atomic mass is 19.4. The maximum absolute atomic E-state index is 14.8. The molecule has 1 saturated carbocycles. The second kappa shape index (κ2) is 8.49. The van der Waals surface area contributed by atoms with Gasteiger partial charge in [0, 0.05) is 24.6 Å². The molecule has 1 heterocycles. The van der Waals surface area contributed by atoms with Crippen LogP contribution in [-0.2, 0) is 28.9 Å². The molecule has 0 atom stereocenters. The van der Waals surface area contributed by atoms with Crippen molar-refractivity contribution in [2.75, 3.05) is 6.54 Å². The number of aromatic nitrogens is 2. The number of benzene rings is 2. The van der Waals surface area contributed by atoms with Crippen LogP contribution < -0.4 is 0 Å². The molecule has 4 rings (SSSR count). The zero-order chi connectivity index (χ0) is 23.9. The average molecular weight is 463 g/mol. The molecule has 1 fully saturated rings. The van der Waals surface area contributed by atoms with Crippen LogP contribution in [-0.4, -0.2) is 38.2 Å². The van der Waals surface area contributed by atoms with E-state index in [4.69, 9.17) is 0 Å². The van der Waals surface area contributed by atoms with Gasteiger partial charge in [0.2, 0.25) is 5.91 Å². The van der Waals surface area contributed by atoms with E-state index < -0.39 is 30.1 Å². The number of alkyl halides is 3. The van der Waals surface area contributed by atoms with E-state index >= 15 is 0 Å². The smallest absolute Gasteiger partial charge is 0.416 e. The molecule has 1 amide bonds. The van der Waals surface area contributed by atoms with E-state index in [2.05, 4.69) is 5.10 Å². The number of fused-ring (bicyclic) bond motifs is 1. The Balaban J connectivity index is 1.89. The standard InChI is InChI=1S/C23H21F4N3O3/c1-2-29(22(33)13-6-7-13)11-14-10-15(23(25,26)27)8-9-16(14)21-20-17(24)4-3-5-18(20)30(28-21)12-19(31)32/h3-5,8-10,13H,2,6-7,11-12H2,1H3,(H,31,32). The summed E-state index contributed by atoms with van der Waals surface area (Å²) in [6, 6.07) is 7.10. The van der Waals surface area contributed by atoms with Crippen molar-refractivity contribution in [3.63, 3.8) is 0 Å². The Kier molecular flexibility index (Phi) is 5.85. The molecule has 10 heteroatoms. The van der Waals surface area contributed by atoms with Crippen molar-refractivity contribution < 1.29 is 32.3 Å². The van der Waals surface area contributed by atoms with Gasteiger partial charge in [0.05, 0.1) is 16.5 Å². The molecule has 0 bridgehead atoms. The summed E-state index contributed by atoms with van der Waals surface area (Å²) in [5, 5.41) is 13.5. The minimum absolute atomic E-state index is 0.0105. The van der Waals surface area contributed by atoms with Crippen molar-refractivity contribution in [1.29, 1.82) is 0 Å². The number of carbonyl (C=O) groups excluding carboxylic acids is 1. The summed E-state index contributed by atoms with van der Waals surface area (Å²) in [6.45, 7) is 1.39. The highest BCUT2D eigenvalue weighted by Crippen LogP contribution is 2.38. The minimum Gasteiger partial charge on any atom is -0.480 e. The Morgan fingerprint density at radius 2 is 1.94 bits per heavy atom.